The van der Waals surface area contributed by atoms with E-state index in [1.807, 2.05) is 0 Å². The number of ether oxygens (including phenoxy) is 1. The van der Waals surface area contributed by atoms with E-state index < -0.39 is 11.9 Å². The summed E-state index contributed by atoms with van der Waals surface area (Å²) in [4.78, 5) is 0. The maximum atomic E-state index is 13.3. The average Bonchev–Trinajstić information content (AvgIpc) is 2.40. The van der Waals surface area contributed by atoms with E-state index in [2.05, 4.69) is 15.9 Å². The molecule has 2 aromatic rings. The molecule has 1 N–H and O–H groups in total. The van der Waals surface area contributed by atoms with Crippen LogP contribution in [0.1, 0.15) is 17.2 Å². The number of benzene rings is 2. The molecule has 2 aromatic carbocycles. The Hall–Kier alpha value is -1.10. The molecule has 0 radical (unpaired) electrons. The molecule has 19 heavy (non-hydrogen) atoms. The topological polar surface area (TPSA) is 29.5 Å². The van der Waals surface area contributed by atoms with Gasteiger partial charge >= 0.3 is 0 Å². The molecule has 0 aromatic heterocycles. The number of rotatable bonds is 3. The lowest BCUT2D eigenvalue weighted by Crippen LogP contribution is -2.04. The molecule has 5 heteroatoms. The maximum absolute atomic E-state index is 13.3. The van der Waals surface area contributed by atoms with Crippen molar-refractivity contribution in [2.24, 2.45) is 0 Å². The Labute approximate surface area is 123 Å². The Bertz CT molecular complexity index is 604. The second kappa shape index (κ2) is 5.90. The molecule has 0 spiro atoms. The van der Waals surface area contributed by atoms with Gasteiger partial charge in [0.25, 0.3) is 0 Å². The minimum atomic E-state index is -1.03. The van der Waals surface area contributed by atoms with Gasteiger partial charge in [-0.1, -0.05) is 27.5 Å². The highest BCUT2D eigenvalue weighted by Gasteiger charge is 2.19. The zero-order valence-electron chi connectivity index (χ0n) is 10.0. The standard InChI is InChI=1S/C14H11BrClFO2/c1-19-13-5-3-9(17)7-11(13)14(18)10-6-8(16)2-4-12(10)15/h2-7,14,18H,1H3. The Balaban J connectivity index is 2.51. The normalized spacial score (nSPS) is 12.3. The van der Waals surface area contributed by atoms with Crippen molar-refractivity contribution in [3.05, 3.63) is 62.8 Å². The van der Waals surface area contributed by atoms with E-state index in [9.17, 15) is 9.50 Å². The second-order valence-electron chi connectivity index (χ2n) is 3.95. The molecule has 0 aliphatic rings. The first-order valence-electron chi connectivity index (χ1n) is 5.49. The van der Waals surface area contributed by atoms with Crippen LogP contribution in [0.5, 0.6) is 5.75 Å². The molecule has 1 unspecified atom stereocenters. The van der Waals surface area contributed by atoms with Gasteiger partial charge in [0.1, 0.15) is 17.7 Å². The number of aliphatic hydroxyl groups excluding tert-OH is 1. The molecular weight excluding hydrogens is 335 g/mol. The number of halogens is 3. The summed E-state index contributed by atoms with van der Waals surface area (Å²) >= 11 is 9.26. The van der Waals surface area contributed by atoms with Crippen LogP contribution in [-0.4, -0.2) is 12.2 Å². The van der Waals surface area contributed by atoms with Crippen molar-refractivity contribution in [3.8, 4) is 5.75 Å². The molecule has 0 amide bonds. The summed E-state index contributed by atoms with van der Waals surface area (Å²) in [6.45, 7) is 0. The number of hydrogen-bond acceptors (Lipinski definition) is 2. The van der Waals surface area contributed by atoms with Crippen LogP contribution in [0.3, 0.4) is 0 Å². The third-order valence-corrected chi connectivity index (χ3v) is 3.70. The Morgan fingerprint density at radius 3 is 2.63 bits per heavy atom. The van der Waals surface area contributed by atoms with Crippen LogP contribution in [-0.2, 0) is 0 Å². The Morgan fingerprint density at radius 2 is 1.95 bits per heavy atom. The third-order valence-electron chi connectivity index (χ3n) is 2.74. The molecule has 1 atom stereocenters. The fourth-order valence-corrected chi connectivity index (χ4v) is 2.45. The van der Waals surface area contributed by atoms with Crippen molar-refractivity contribution < 1.29 is 14.2 Å². The van der Waals surface area contributed by atoms with Crippen LogP contribution >= 0.6 is 27.5 Å². The summed E-state index contributed by atoms with van der Waals surface area (Å²) < 4.78 is 19.2. The van der Waals surface area contributed by atoms with Crippen LogP contribution in [0, 0.1) is 5.82 Å². The van der Waals surface area contributed by atoms with Crippen LogP contribution in [0.15, 0.2) is 40.9 Å². The van der Waals surface area contributed by atoms with Crippen molar-refractivity contribution in [1.29, 1.82) is 0 Å². The first kappa shape index (κ1) is 14.3. The number of methoxy groups -OCH3 is 1. The van der Waals surface area contributed by atoms with Crippen molar-refractivity contribution in [2.45, 2.75) is 6.10 Å². The van der Waals surface area contributed by atoms with Crippen LogP contribution in [0.4, 0.5) is 4.39 Å². The summed E-state index contributed by atoms with van der Waals surface area (Å²) in [6, 6.07) is 9.06. The molecule has 0 bridgehead atoms. The predicted molar refractivity (Wildman–Crippen MR) is 76.2 cm³/mol. The molecular formula is C14H11BrClFO2. The van der Waals surface area contributed by atoms with E-state index in [-0.39, 0.29) is 0 Å². The summed E-state index contributed by atoms with van der Waals surface area (Å²) in [6.07, 6.45) is -1.03. The average molecular weight is 346 g/mol. The third kappa shape index (κ3) is 3.08. The van der Waals surface area contributed by atoms with E-state index in [1.54, 1.807) is 18.2 Å². The van der Waals surface area contributed by atoms with Crippen molar-refractivity contribution >= 4 is 27.5 Å². The lowest BCUT2D eigenvalue weighted by molar-refractivity contribution is 0.213. The van der Waals surface area contributed by atoms with Crippen molar-refractivity contribution in [1.82, 2.24) is 0 Å². The smallest absolute Gasteiger partial charge is 0.125 e. The summed E-state index contributed by atoms with van der Waals surface area (Å²) in [7, 11) is 1.47. The van der Waals surface area contributed by atoms with Crippen LogP contribution in [0.2, 0.25) is 5.02 Å². The fraction of sp³-hybridized carbons (Fsp3) is 0.143. The second-order valence-corrected chi connectivity index (χ2v) is 5.25. The van der Waals surface area contributed by atoms with E-state index in [0.717, 1.165) is 0 Å². The first-order chi connectivity index (χ1) is 9.02. The van der Waals surface area contributed by atoms with E-state index in [4.69, 9.17) is 16.3 Å². The van der Waals surface area contributed by atoms with Gasteiger partial charge in [0, 0.05) is 20.6 Å². The highest BCUT2D eigenvalue weighted by Crippen LogP contribution is 2.35. The van der Waals surface area contributed by atoms with Gasteiger partial charge in [0.05, 0.1) is 7.11 Å². The molecule has 0 aliphatic heterocycles. The minimum Gasteiger partial charge on any atom is -0.496 e. The van der Waals surface area contributed by atoms with Gasteiger partial charge in [-0.2, -0.15) is 0 Å². The zero-order chi connectivity index (χ0) is 14.0. The molecule has 2 rings (SSSR count). The molecule has 0 saturated heterocycles. The molecule has 0 heterocycles. The van der Waals surface area contributed by atoms with E-state index in [1.165, 1.54) is 25.3 Å². The molecule has 0 saturated carbocycles. The fourth-order valence-electron chi connectivity index (χ4n) is 1.81. The Morgan fingerprint density at radius 1 is 1.21 bits per heavy atom. The predicted octanol–water partition coefficient (Wildman–Crippen LogP) is 4.33. The SMILES string of the molecule is COc1ccc(F)cc1C(O)c1cc(Cl)ccc1Br. The number of aliphatic hydroxyl groups is 1. The van der Waals surface area contributed by atoms with Gasteiger partial charge in [-0.15, -0.1) is 0 Å². The summed E-state index contributed by atoms with van der Waals surface area (Å²) in [5.41, 5.74) is 0.905. The van der Waals surface area contributed by atoms with Gasteiger partial charge < -0.3 is 9.84 Å². The van der Waals surface area contributed by atoms with E-state index in [0.29, 0.717) is 26.4 Å². The monoisotopic (exact) mass is 344 g/mol. The maximum Gasteiger partial charge on any atom is 0.125 e. The van der Waals surface area contributed by atoms with Gasteiger partial charge in [-0.05, 0) is 36.4 Å². The van der Waals surface area contributed by atoms with Gasteiger partial charge in [0.2, 0.25) is 0 Å². The molecule has 0 fully saturated rings. The quantitative estimate of drug-likeness (QED) is 0.897. The van der Waals surface area contributed by atoms with E-state index >= 15 is 0 Å². The highest BCUT2D eigenvalue weighted by molar-refractivity contribution is 9.10. The van der Waals surface area contributed by atoms with Crippen molar-refractivity contribution in [3.63, 3.8) is 0 Å². The van der Waals surface area contributed by atoms with Crippen molar-refractivity contribution in [2.75, 3.05) is 7.11 Å². The highest BCUT2D eigenvalue weighted by atomic mass is 79.9. The number of hydrogen-bond donors (Lipinski definition) is 1. The lowest BCUT2D eigenvalue weighted by atomic mass is 10.0. The molecule has 2 nitrogen and oxygen atoms in total. The van der Waals surface area contributed by atoms with Gasteiger partial charge in [0.15, 0.2) is 0 Å². The minimum absolute atomic E-state index is 0.352. The first-order valence-corrected chi connectivity index (χ1v) is 6.66. The van der Waals surface area contributed by atoms with Crippen LogP contribution < -0.4 is 4.74 Å². The molecule has 0 aliphatic carbocycles. The zero-order valence-corrected chi connectivity index (χ0v) is 12.4. The van der Waals surface area contributed by atoms with Gasteiger partial charge in [-0.3, -0.25) is 0 Å². The Kier molecular flexibility index (Phi) is 4.45. The van der Waals surface area contributed by atoms with Crippen LogP contribution in [0.25, 0.3) is 0 Å². The molecule has 100 valence electrons. The van der Waals surface area contributed by atoms with Gasteiger partial charge in [-0.25, -0.2) is 4.39 Å². The lowest BCUT2D eigenvalue weighted by Gasteiger charge is -2.16. The summed E-state index contributed by atoms with van der Waals surface area (Å²) in [5.74, 6) is -0.0197. The largest absolute Gasteiger partial charge is 0.496 e. The summed E-state index contributed by atoms with van der Waals surface area (Å²) in [5, 5.41) is 10.9.